The summed E-state index contributed by atoms with van der Waals surface area (Å²) in [7, 11) is 3.43. The molecule has 2 rings (SSSR count). The van der Waals surface area contributed by atoms with Crippen molar-refractivity contribution in [2.24, 2.45) is 0 Å². The summed E-state index contributed by atoms with van der Waals surface area (Å²) in [6.07, 6.45) is 7.33. The molecule has 0 fully saturated rings. The van der Waals surface area contributed by atoms with Crippen molar-refractivity contribution < 1.29 is 9.47 Å². The zero-order valence-corrected chi connectivity index (χ0v) is 20.5. The van der Waals surface area contributed by atoms with Crippen LogP contribution in [0.3, 0.4) is 0 Å². The van der Waals surface area contributed by atoms with E-state index in [2.05, 4.69) is 73.0 Å². The molecule has 0 saturated carbocycles. The van der Waals surface area contributed by atoms with Gasteiger partial charge < -0.3 is 20.1 Å². The van der Waals surface area contributed by atoms with E-state index >= 15 is 0 Å². The number of halogens is 1. The number of nitrogens with one attached hydrogen (secondary N) is 2. The van der Waals surface area contributed by atoms with Crippen molar-refractivity contribution in [1.82, 2.24) is 10.6 Å². The summed E-state index contributed by atoms with van der Waals surface area (Å²) in [6.45, 7) is 6.51. The first-order valence-electron chi connectivity index (χ1n) is 11.5. The van der Waals surface area contributed by atoms with Gasteiger partial charge in [-0.3, -0.25) is 0 Å². The van der Waals surface area contributed by atoms with Gasteiger partial charge in [0.05, 0.1) is 26.3 Å². The highest BCUT2D eigenvalue weighted by Gasteiger charge is 2.24. The van der Waals surface area contributed by atoms with Crippen LogP contribution in [0.4, 0.5) is 0 Å². The van der Waals surface area contributed by atoms with Gasteiger partial charge in [-0.2, -0.15) is 0 Å². The highest BCUT2D eigenvalue weighted by Crippen LogP contribution is 2.31. The van der Waals surface area contributed by atoms with Crippen LogP contribution in [-0.4, -0.2) is 27.3 Å². The van der Waals surface area contributed by atoms with E-state index < -0.39 is 0 Å². The lowest BCUT2D eigenvalue weighted by Gasteiger charge is -2.30. The fourth-order valence-corrected chi connectivity index (χ4v) is 3.74. The Balaban J connectivity index is 0.00000480. The van der Waals surface area contributed by atoms with Crippen molar-refractivity contribution in [2.75, 3.05) is 27.3 Å². The molecule has 2 unspecified atom stereocenters. The van der Waals surface area contributed by atoms with Crippen LogP contribution >= 0.6 is 12.4 Å². The van der Waals surface area contributed by atoms with Crippen molar-refractivity contribution in [3.63, 3.8) is 0 Å². The van der Waals surface area contributed by atoms with Gasteiger partial charge in [0.15, 0.2) is 0 Å². The third kappa shape index (κ3) is 9.10. The predicted octanol–water partition coefficient (Wildman–Crippen LogP) is 6.47. The van der Waals surface area contributed by atoms with Crippen molar-refractivity contribution in [2.45, 2.75) is 64.5 Å². The molecule has 2 aromatic rings. The van der Waals surface area contributed by atoms with Crippen LogP contribution in [0.2, 0.25) is 0 Å². The molecular weight excluding hydrogens is 408 g/mol. The SMILES string of the molecule is CCCCCNC(c1ccc(OC)cc1)C(NCCCCC)c1ccc(OC)cc1.Cl. The summed E-state index contributed by atoms with van der Waals surface area (Å²) in [5.74, 6) is 1.78. The zero-order chi connectivity index (χ0) is 21.6. The van der Waals surface area contributed by atoms with E-state index in [-0.39, 0.29) is 24.5 Å². The Labute approximate surface area is 195 Å². The molecule has 2 aromatic carbocycles. The summed E-state index contributed by atoms with van der Waals surface area (Å²) in [5.41, 5.74) is 2.55. The highest BCUT2D eigenvalue weighted by atomic mass is 35.5. The number of rotatable bonds is 15. The average molecular weight is 449 g/mol. The van der Waals surface area contributed by atoms with Crippen molar-refractivity contribution >= 4 is 12.4 Å². The number of benzene rings is 2. The van der Waals surface area contributed by atoms with Crippen LogP contribution in [0.1, 0.15) is 75.6 Å². The van der Waals surface area contributed by atoms with Gasteiger partial charge in [0.25, 0.3) is 0 Å². The van der Waals surface area contributed by atoms with Gasteiger partial charge >= 0.3 is 0 Å². The smallest absolute Gasteiger partial charge is 0.118 e. The minimum atomic E-state index is 0. The Morgan fingerprint density at radius 2 is 0.968 bits per heavy atom. The van der Waals surface area contributed by atoms with Crippen LogP contribution in [0.25, 0.3) is 0 Å². The normalized spacial score (nSPS) is 12.6. The number of hydrogen-bond acceptors (Lipinski definition) is 4. The highest BCUT2D eigenvalue weighted by molar-refractivity contribution is 5.85. The molecule has 4 nitrogen and oxygen atoms in total. The molecule has 0 aliphatic carbocycles. The molecule has 174 valence electrons. The quantitative estimate of drug-likeness (QED) is 0.306. The minimum absolute atomic E-state index is 0. The lowest BCUT2D eigenvalue weighted by molar-refractivity contribution is 0.375. The fourth-order valence-electron chi connectivity index (χ4n) is 3.74. The van der Waals surface area contributed by atoms with E-state index in [0.717, 1.165) is 24.6 Å². The summed E-state index contributed by atoms with van der Waals surface area (Å²) in [6, 6.07) is 17.3. The van der Waals surface area contributed by atoms with Gasteiger partial charge in [-0.05, 0) is 61.3 Å². The fraction of sp³-hybridized carbons (Fsp3) is 0.538. The summed E-state index contributed by atoms with van der Waals surface area (Å²) >= 11 is 0. The zero-order valence-electron chi connectivity index (χ0n) is 19.7. The van der Waals surface area contributed by atoms with Crippen LogP contribution in [-0.2, 0) is 0 Å². The van der Waals surface area contributed by atoms with Crippen LogP contribution in [0.15, 0.2) is 48.5 Å². The first kappa shape index (κ1) is 27.3. The van der Waals surface area contributed by atoms with Crippen LogP contribution in [0, 0.1) is 0 Å². The molecule has 5 heteroatoms. The van der Waals surface area contributed by atoms with Gasteiger partial charge in [-0.25, -0.2) is 0 Å². The van der Waals surface area contributed by atoms with Crippen LogP contribution < -0.4 is 20.1 Å². The molecule has 0 saturated heterocycles. The summed E-state index contributed by atoms with van der Waals surface area (Å²) in [5, 5.41) is 7.68. The summed E-state index contributed by atoms with van der Waals surface area (Å²) < 4.78 is 10.7. The van der Waals surface area contributed by atoms with Crippen LogP contribution in [0.5, 0.6) is 11.5 Å². The second-order valence-corrected chi connectivity index (χ2v) is 7.82. The molecule has 0 aliphatic heterocycles. The number of methoxy groups -OCH3 is 2. The predicted molar refractivity (Wildman–Crippen MR) is 134 cm³/mol. The van der Waals surface area contributed by atoms with E-state index in [9.17, 15) is 0 Å². The molecule has 2 atom stereocenters. The van der Waals surface area contributed by atoms with E-state index in [4.69, 9.17) is 9.47 Å². The van der Waals surface area contributed by atoms with E-state index in [1.165, 1.54) is 49.7 Å². The second-order valence-electron chi connectivity index (χ2n) is 7.82. The lowest BCUT2D eigenvalue weighted by Crippen LogP contribution is -2.36. The first-order valence-corrected chi connectivity index (χ1v) is 11.5. The Kier molecular flexibility index (Phi) is 14.1. The minimum Gasteiger partial charge on any atom is -0.497 e. The first-order chi connectivity index (χ1) is 14.7. The number of hydrogen-bond donors (Lipinski definition) is 2. The van der Waals surface area contributed by atoms with Crippen molar-refractivity contribution in [3.8, 4) is 11.5 Å². The molecule has 0 aromatic heterocycles. The van der Waals surface area contributed by atoms with Gasteiger partial charge in [-0.15, -0.1) is 12.4 Å². The maximum absolute atomic E-state index is 5.37. The third-order valence-corrected chi connectivity index (χ3v) is 5.57. The topological polar surface area (TPSA) is 42.5 Å². The van der Waals surface area contributed by atoms with Gasteiger partial charge in [0.1, 0.15) is 11.5 Å². The third-order valence-electron chi connectivity index (χ3n) is 5.57. The molecule has 0 bridgehead atoms. The van der Waals surface area contributed by atoms with Crippen molar-refractivity contribution in [1.29, 1.82) is 0 Å². The van der Waals surface area contributed by atoms with Crippen molar-refractivity contribution in [3.05, 3.63) is 59.7 Å². The van der Waals surface area contributed by atoms with Gasteiger partial charge in [0, 0.05) is 0 Å². The van der Waals surface area contributed by atoms with E-state index in [1.54, 1.807) is 14.2 Å². The standard InChI is InChI=1S/C26H40N2O2.ClH/c1-5-7-9-19-27-25(21-11-15-23(29-3)16-12-21)26(28-20-10-8-6-2)22-13-17-24(30-4)18-14-22;/h11-18,25-28H,5-10,19-20H2,1-4H3;1H. The molecule has 2 N–H and O–H groups in total. The molecule has 31 heavy (non-hydrogen) atoms. The monoisotopic (exact) mass is 448 g/mol. The number of ether oxygens (including phenoxy) is 2. The Hall–Kier alpha value is -1.75. The second kappa shape index (κ2) is 16.0. The van der Waals surface area contributed by atoms with E-state index in [0.29, 0.717) is 0 Å². The Morgan fingerprint density at radius 3 is 1.26 bits per heavy atom. The Morgan fingerprint density at radius 1 is 0.613 bits per heavy atom. The largest absolute Gasteiger partial charge is 0.497 e. The van der Waals surface area contributed by atoms with E-state index in [1.807, 2.05) is 0 Å². The summed E-state index contributed by atoms with van der Waals surface area (Å²) in [4.78, 5) is 0. The lowest BCUT2D eigenvalue weighted by atomic mass is 9.92. The molecular formula is C26H41ClN2O2. The van der Waals surface area contributed by atoms with Gasteiger partial charge in [0.2, 0.25) is 0 Å². The Bertz CT molecular complexity index is 630. The maximum Gasteiger partial charge on any atom is 0.118 e. The molecule has 0 radical (unpaired) electrons. The molecule has 0 heterocycles. The number of unbranched alkanes of at least 4 members (excludes halogenated alkanes) is 4. The average Bonchev–Trinajstić information content (AvgIpc) is 2.80. The van der Waals surface area contributed by atoms with Gasteiger partial charge in [-0.1, -0.05) is 63.8 Å². The maximum atomic E-state index is 5.37. The molecule has 0 amide bonds. The molecule has 0 aliphatic rings. The molecule has 0 spiro atoms.